The van der Waals surface area contributed by atoms with Crippen LogP contribution < -0.4 is 5.32 Å². The van der Waals surface area contributed by atoms with E-state index in [0.717, 1.165) is 28.7 Å². The van der Waals surface area contributed by atoms with Crippen LogP contribution in [0.2, 0.25) is 0 Å². The van der Waals surface area contributed by atoms with Crippen molar-refractivity contribution < 1.29 is 4.79 Å². The number of para-hydroxylation sites is 1. The third-order valence-electron chi connectivity index (χ3n) is 3.59. The van der Waals surface area contributed by atoms with Crippen molar-refractivity contribution >= 4 is 33.3 Å². The predicted molar refractivity (Wildman–Crippen MR) is 87.2 cm³/mol. The van der Waals surface area contributed by atoms with Gasteiger partial charge < -0.3 is 4.57 Å². The number of nitrogens with zero attached hydrogens (tertiary/aromatic N) is 2. The Hall–Kier alpha value is -2.14. The number of nitrogens with one attached hydrogen (secondary N) is 1. The first-order chi connectivity index (χ1) is 10.1. The Morgan fingerprint density at radius 3 is 2.76 bits per heavy atom. The molecule has 0 fully saturated rings. The van der Waals surface area contributed by atoms with Gasteiger partial charge in [-0.1, -0.05) is 18.2 Å². The predicted octanol–water partition coefficient (Wildman–Crippen LogP) is 3.99. The number of carbonyl (C=O) groups excluding carboxylic acids is 1. The quantitative estimate of drug-likeness (QED) is 0.795. The van der Waals surface area contributed by atoms with Gasteiger partial charge >= 0.3 is 0 Å². The Kier molecular flexibility index (Phi) is 3.51. The van der Waals surface area contributed by atoms with Crippen LogP contribution in [-0.2, 0) is 6.54 Å². The first-order valence-electron chi connectivity index (χ1n) is 6.93. The average Bonchev–Trinajstić information content (AvgIpc) is 3.00. The van der Waals surface area contributed by atoms with Gasteiger partial charge in [-0.25, -0.2) is 4.98 Å². The molecule has 0 bridgehead atoms. The molecule has 0 saturated carbocycles. The second kappa shape index (κ2) is 5.33. The third kappa shape index (κ3) is 2.34. The van der Waals surface area contributed by atoms with E-state index in [2.05, 4.69) is 33.9 Å². The monoisotopic (exact) mass is 299 g/mol. The highest BCUT2D eigenvalue weighted by Crippen LogP contribution is 2.26. The van der Waals surface area contributed by atoms with Crippen LogP contribution in [0.3, 0.4) is 0 Å². The Morgan fingerprint density at radius 1 is 1.33 bits per heavy atom. The maximum absolute atomic E-state index is 12.6. The fourth-order valence-electron chi connectivity index (χ4n) is 2.67. The molecule has 2 aromatic heterocycles. The number of hydrogen-bond donors (Lipinski definition) is 1. The van der Waals surface area contributed by atoms with E-state index >= 15 is 0 Å². The fraction of sp³-hybridized carbons (Fsp3) is 0.250. The standard InChI is InChI=1S/C16H17N3OS/c1-4-19-13-8-6-5-7-12(13)11(3)14(19)15(20)18-16-17-10(2)9-21-16/h5-9H,4H2,1-3H3,(H,17,18,20). The first-order valence-corrected chi connectivity index (χ1v) is 7.81. The molecule has 0 aliphatic carbocycles. The molecule has 21 heavy (non-hydrogen) atoms. The van der Waals surface area contributed by atoms with E-state index < -0.39 is 0 Å². The second-order valence-electron chi connectivity index (χ2n) is 4.98. The molecule has 4 nitrogen and oxygen atoms in total. The Labute approximate surface area is 127 Å². The van der Waals surface area contributed by atoms with E-state index in [4.69, 9.17) is 0 Å². The summed E-state index contributed by atoms with van der Waals surface area (Å²) < 4.78 is 2.06. The fourth-order valence-corrected chi connectivity index (χ4v) is 3.35. The van der Waals surface area contributed by atoms with Crippen molar-refractivity contribution in [3.05, 3.63) is 46.6 Å². The summed E-state index contributed by atoms with van der Waals surface area (Å²) in [5, 5.41) is 6.60. The number of fused-ring (bicyclic) bond motifs is 1. The number of thiazole rings is 1. The number of rotatable bonds is 3. The summed E-state index contributed by atoms with van der Waals surface area (Å²) in [5.74, 6) is -0.0973. The number of carbonyl (C=O) groups is 1. The van der Waals surface area contributed by atoms with Crippen LogP contribution in [0.5, 0.6) is 0 Å². The lowest BCUT2D eigenvalue weighted by Crippen LogP contribution is -2.17. The molecule has 1 N–H and O–H groups in total. The van der Waals surface area contributed by atoms with Crippen LogP contribution >= 0.6 is 11.3 Å². The van der Waals surface area contributed by atoms with Crippen LogP contribution in [0, 0.1) is 13.8 Å². The minimum Gasteiger partial charge on any atom is -0.337 e. The van der Waals surface area contributed by atoms with Crippen LogP contribution in [0.25, 0.3) is 10.9 Å². The van der Waals surface area contributed by atoms with Crippen molar-refractivity contribution in [2.45, 2.75) is 27.3 Å². The molecule has 0 spiro atoms. The lowest BCUT2D eigenvalue weighted by atomic mass is 10.1. The van der Waals surface area contributed by atoms with E-state index in [-0.39, 0.29) is 5.91 Å². The minimum absolute atomic E-state index is 0.0973. The molecule has 1 aromatic carbocycles. The zero-order chi connectivity index (χ0) is 15.0. The van der Waals surface area contributed by atoms with Crippen molar-refractivity contribution in [1.29, 1.82) is 0 Å². The summed E-state index contributed by atoms with van der Waals surface area (Å²) in [6.45, 7) is 6.72. The van der Waals surface area contributed by atoms with Gasteiger partial charge in [0.15, 0.2) is 5.13 Å². The first kappa shape index (κ1) is 13.8. The number of aryl methyl sites for hydroxylation is 3. The summed E-state index contributed by atoms with van der Waals surface area (Å²) in [4.78, 5) is 16.9. The molecular formula is C16H17N3OS. The van der Waals surface area contributed by atoms with Gasteiger partial charge in [0.1, 0.15) is 5.69 Å². The molecule has 0 atom stereocenters. The van der Waals surface area contributed by atoms with E-state index in [1.54, 1.807) is 0 Å². The summed E-state index contributed by atoms with van der Waals surface area (Å²) in [7, 11) is 0. The van der Waals surface area contributed by atoms with Crippen LogP contribution in [-0.4, -0.2) is 15.5 Å². The number of benzene rings is 1. The Morgan fingerprint density at radius 2 is 2.10 bits per heavy atom. The molecule has 0 aliphatic heterocycles. The number of hydrogen-bond acceptors (Lipinski definition) is 3. The largest absolute Gasteiger partial charge is 0.337 e. The van der Waals surface area contributed by atoms with Crippen LogP contribution in [0.1, 0.15) is 28.7 Å². The van der Waals surface area contributed by atoms with Gasteiger partial charge in [-0.2, -0.15) is 0 Å². The highest BCUT2D eigenvalue weighted by molar-refractivity contribution is 7.13. The summed E-state index contributed by atoms with van der Waals surface area (Å²) >= 11 is 1.45. The normalized spacial score (nSPS) is 11.0. The Balaban J connectivity index is 2.06. The van der Waals surface area contributed by atoms with Gasteiger partial charge in [0, 0.05) is 22.8 Å². The zero-order valence-electron chi connectivity index (χ0n) is 12.3. The summed E-state index contributed by atoms with van der Waals surface area (Å²) in [6, 6.07) is 8.11. The molecule has 0 radical (unpaired) electrons. The lowest BCUT2D eigenvalue weighted by Gasteiger charge is -2.08. The van der Waals surface area contributed by atoms with Crippen LogP contribution in [0.4, 0.5) is 5.13 Å². The van der Waals surface area contributed by atoms with Crippen molar-refractivity contribution in [3.8, 4) is 0 Å². The number of amides is 1. The van der Waals surface area contributed by atoms with Gasteiger partial charge in [0.2, 0.25) is 0 Å². The third-order valence-corrected chi connectivity index (χ3v) is 4.47. The van der Waals surface area contributed by atoms with Gasteiger partial charge in [0.05, 0.1) is 5.69 Å². The summed E-state index contributed by atoms with van der Waals surface area (Å²) in [6.07, 6.45) is 0. The molecule has 3 rings (SSSR count). The Bertz CT molecular complexity index is 816. The van der Waals surface area contributed by atoms with E-state index in [9.17, 15) is 4.79 Å². The van der Waals surface area contributed by atoms with Gasteiger partial charge in [-0.15, -0.1) is 11.3 Å². The molecule has 1 amide bonds. The molecule has 0 aliphatic rings. The smallest absolute Gasteiger partial charge is 0.274 e. The second-order valence-corrected chi connectivity index (χ2v) is 5.84. The highest BCUT2D eigenvalue weighted by atomic mass is 32.1. The van der Waals surface area contributed by atoms with Crippen molar-refractivity contribution in [1.82, 2.24) is 9.55 Å². The number of anilines is 1. The van der Waals surface area contributed by atoms with Crippen LogP contribution in [0.15, 0.2) is 29.6 Å². The van der Waals surface area contributed by atoms with E-state index in [0.29, 0.717) is 10.8 Å². The number of aromatic nitrogens is 2. The van der Waals surface area contributed by atoms with Gasteiger partial charge in [-0.05, 0) is 32.4 Å². The molecule has 3 aromatic rings. The lowest BCUT2D eigenvalue weighted by molar-refractivity contribution is 0.101. The van der Waals surface area contributed by atoms with E-state index in [1.807, 2.05) is 31.4 Å². The van der Waals surface area contributed by atoms with E-state index in [1.165, 1.54) is 11.3 Å². The SMILES string of the molecule is CCn1c(C(=O)Nc2nc(C)cs2)c(C)c2ccccc21. The topological polar surface area (TPSA) is 46.9 Å². The average molecular weight is 299 g/mol. The molecule has 0 unspecified atom stereocenters. The van der Waals surface area contributed by atoms with Crippen molar-refractivity contribution in [3.63, 3.8) is 0 Å². The maximum Gasteiger partial charge on any atom is 0.274 e. The van der Waals surface area contributed by atoms with Gasteiger partial charge in [0.25, 0.3) is 5.91 Å². The molecule has 0 saturated heterocycles. The molecule has 108 valence electrons. The maximum atomic E-state index is 12.6. The highest BCUT2D eigenvalue weighted by Gasteiger charge is 2.19. The molecule has 5 heteroatoms. The minimum atomic E-state index is -0.0973. The zero-order valence-corrected chi connectivity index (χ0v) is 13.1. The molecular weight excluding hydrogens is 282 g/mol. The van der Waals surface area contributed by atoms with Gasteiger partial charge in [-0.3, -0.25) is 10.1 Å². The molecule has 2 heterocycles. The summed E-state index contributed by atoms with van der Waals surface area (Å²) in [5.41, 5.74) is 3.74. The van der Waals surface area contributed by atoms with Crippen molar-refractivity contribution in [2.24, 2.45) is 0 Å². The van der Waals surface area contributed by atoms with Crippen molar-refractivity contribution in [2.75, 3.05) is 5.32 Å².